The zero-order valence-electron chi connectivity index (χ0n) is 14.9. The molecule has 1 N–H and O–H groups in total. The number of carbonyl (C=O) groups excluding carboxylic acids is 1. The Kier molecular flexibility index (Phi) is 4.12. The van der Waals surface area contributed by atoms with Gasteiger partial charge in [-0.05, 0) is 44.2 Å². The predicted octanol–water partition coefficient (Wildman–Crippen LogP) is 2.81. The second kappa shape index (κ2) is 6.30. The van der Waals surface area contributed by atoms with Crippen molar-refractivity contribution in [2.45, 2.75) is 58.4 Å². The summed E-state index contributed by atoms with van der Waals surface area (Å²) in [6.45, 7) is 5.40. The number of hydrogen-bond acceptors (Lipinski definition) is 3. The van der Waals surface area contributed by atoms with Crippen LogP contribution in [0.2, 0.25) is 0 Å². The van der Waals surface area contributed by atoms with E-state index in [1.165, 1.54) is 5.56 Å². The molecule has 25 heavy (non-hydrogen) atoms. The van der Waals surface area contributed by atoms with Crippen molar-refractivity contribution in [1.82, 2.24) is 14.9 Å². The fourth-order valence-electron chi connectivity index (χ4n) is 4.16. The average Bonchev–Trinajstić information content (AvgIpc) is 3.30. The lowest BCUT2D eigenvalue weighted by atomic mass is 9.75. The number of aromatic nitrogens is 2. The third kappa shape index (κ3) is 3.09. The van der Waals surface area contributed by atoms with Crippen LogP contribution in [0.4, 0.5) is 0 Å². The maximum atomic E-state index is 12.7. The normalized spacial score (nSPS) is 27.6. The number of aryl methyl sites for hydroxylation is 1. The fraction of sp³-hybridized carbons (Fsp3) is 0.500. The molecule has 2 bridgehead atoms. The first-order chi connectivity index (χ1) is 12.0. The Labute approximate surface area is 148 Å². The molecule has 0 aliphatic carbocycles. The summed E-state index contributed by atoms with van der Waals surface area (Å²) in [6.07, 6.45) is 7.13. The molecule has 1 amide bonds. The van der Waals surface area contributed by atoms with Gasteiger partial charge >= 0.3 is 0 Å². The zero-order valence-corrected chi connectivity index (χ0v) is 14.9. The van der Waals surface area contributed by atoms with E-state index in [2.05, 4.69) is 33.1 Å². The van der Waals surface area contributed by atoms with Crippen molar-refractivity contribution < 1.29 is 9.53 Å². The lowest BCUT2D eigenvalue weighted by molar-refractivity contribution is -0.133. The van der Waals surface area contributed by atoms with Crippen molar-refractivity contribution in [1.29, 1.82) is 0 Å². The van der Waals surface area contributed by atoms with Gasteiger partial charge in [0.2, 0.25) is 5.91 Å². The molecule has 0 spiro atoms. The molecule has 2 fully saturated rings. The van der Waals surface area contributed by atoms with Gasteiger partial charge in [-0.2, -0.15) is 0 Å². The van der Waals surface area contributed by atoms with Crippen molar-refractivity contribution in [2.75, 3.05) is 0 Å². The molecule has 1 aromatic carbocycles. The predicted molar refractivity (Wildman–Crippen MR) is 95.0 cm³/mol. The molecular weight excluding hydrogens is 314 g/mol. The van der Waals surface area contributed by atoms with Crippen LogP contribution in [0, 0.1) is 12.3 Å². The average molecular weight is 339 g/mol. The van der Waals surface area contributed by atoms with E-state index in [1.54, 1.807) is 0 Å². The van der Waals surface area contributed by atoms with E-state index in [4.69, 9.17) is 4.74 Å². The Morgan fingerprint density at radius 3 is 2.92 bits per heavy atom. The van der Waals surface area contributed by atoms with Gasteiger partial charge < -0.3 is 14.6 Å². The van der Waals surface area contributed by atoms with Gasteiger partial charge in [0.15, 0.2) is 0 Å². The number of ether oxygens (including phenoxy) is 1. The van der Waals surface area contributed by atoms with Gasteiger partial charge in [-0.3, -0.25) is 4.79 Å². The molecule has 0 radical (unpaired) electrons. The number of carbonyl (C=O) groups is 1. The van der Waals surface area contributed by atoms with Gasteiger partial charge in [0.05, 0.1) is 17.6 Å². The van der Waals surface area contributed by atoms with Crippen LogP contribution in [0.15, 0.2) is 36.7 Å². The van der Waals surface area contributed by atoms with Gasteiger partial charge in [-0.1, -0.05) is 24.3 Å². The second-order valence-electron chi connectivity index (χ2n) is 7.55. The van der Waals surface area contributed by atoms with E-state index < -0.39 is 0 Å². The summed E-state index contributed by atoms with van der Waals surface area (Å²) in [4.78, 5) is 17.0. The van der Waals surface area contributed by atoms with Crippen molar-refractivity contribution in [3.63, 3.8) is 0 Å². The summed E-state index contributed by atoms with van der Waals surface area (Å²) < 4.78 is 8.00. The van der Waals surface area contributed by atoms with Crippen molar-refractivity contribution in [3.05, 3.63) is 53.6 Å². The number of fused-ring (bicyclic) bond motifs is 2. The number of amides is 1. The van der Waals surface area contributed by atoms with Gasteiger partial charge in [-0.15, -0.1) is 0 Å². The highest BCUT2D eigenvalue weighted by Gasteiger charge is 2.53. The number of nitrogens with one attached hydrogen (secondary N) is 1. The summed E-state index contributed by atoms with van der Waals surface area (Å²) in [5.41, 5.74) is 1.97. The van der Waals surface area contributed by atoms with Crippen LogP contribution < -0.4 is 5.32 Å². The van der Waals surface area contributed by atoms with Crippen LogP contribution >= 0.6 is 0 Å². The third-order valence-electron chi connectivity index (χ3n) is 5.71. The molecule has 3 atom stereocenters. The highest BCUT2D eigenvalue weighted by molar-refractivity contribution is 5.83. The molecule has 2 saturated heterocycles. The van der Waals surface area contributed by atoms with Gasteiger partial charge in [0, 0.05) is 25.5 Å². The van der Waals surface area contributed by atoms with Crippen molar-refractivity contribution in [2.24, 2.45) is 5.41 Å². The quantitative estimate of drug-likeness (QED) is 0.911. The molecule has 0 unspecified atom stereocenters. The van der Waals surface area contributed by atoms with Gasteiger partial charge in [0.1, 0.15) is 5.82 Å². The minimum absolute atomic E-state index is 0.0908. The fourth-order valence-corrected chi connectivity index (χ4v) is 4.16. The standard InChI is InChI=1S/C20H25N3O2/c1-14-21-8-9-23(14)13-16-5-3-4-15(10-16)12-22-19(24)20(2)11-17-6-7-18(20)25-17/h3-5,8-10,17-18H,6-7,11-13H2,1-2H3,(H,22,24)/t17-,18-,20+/m1/s1. The van der Waals surface area contributed by atoms with Crippen LogP contribution in [-0.2, 0) is 22.6 Å². The first-order valence-electron chi connectivity index (χ1n) is 9.04. The molecule has 2 aliphatic heterocycles. The molecule has 5 heteroatoms. The van der Waals surface area contributed by atoms with E-state index in [0.29, 0.717) is 6.54 Å². The first-order valence-corrected chi connectivity index (χ1v) is 9.04. The van der Waals surface area contributed by atoms with E-state index in [9.17, 15) is 4.79 Å². The molecule has 3 heterocycles. The molecular formula is C20H25N3O2. The lowest BCUT2D eigenvalue weighted by Crippen LogP contribution is -2.44. The summed E-state index contributed by atoms with van der Waals surface area (Å²) in [7, 11) is 0. The smallest absolute Gasteiger partial charge is 0.228 e. The Balaban J connectivity index is 1.39. The Morgan fingerprint density at radius 1 is 1.40 bits per heavy atom. The molecule has 4 rings (SSSR count). The van der Waals surface area contributed by atoms with E-state index in [1.807, 2.05) is 32.3 Å². The highest BCUT2D eigenvalue weighted by atomic mass is 16.5. The van der Waals surface area contributed by atoms with Crippen LogP contribution in [0.3, 0.4) is 0 Å². The Hall–Kier alpha value is -2.14. The summed E-state index contributed by atoms with van der Waals surface area (Å²) in [5.74, 6) is 1.12. The minimum Gasteiger partial charge on any atom is -0.374 e. The number of imidazole rings is 1. The number of rotatable bonds is 5. The summed E-state index contributed by atoms with van der Waals surface area (Å²) >= 11 is 0. The molecule has 132 valence electrons. The van der Waals surface area contributed by atoms with Crippen LogP contribution in [-0.4, -0.2) is 27.7 Å². The third-order valence-corrected chi connectivity index (χ3v) is 5.71. The van der Waals surface area contributed by atoms with Crippen molar-refractivity contribution >= 4 is 5.91 Å². The molecule has 5 nitrogen and oxygen atoms in total. The molecule has 2 aliphatic rings. The van der Waals surface area contributed by atoms with Gasteiger partial charge in [-0.25, -0.2) is 4.98 Å². The Bertz CT molecular complexity index is 785. The second-order valence-corrected chi connectivity index (χ2v) is 7.55. The summed E-state index contributed by atoms with van der Waals surface area (Å²) in [5, 5.41) is 3.13. The maximum Gasteiger partial charge on any atom is 0.228 e. The molecule has 2 aromatic rings. The summed E-state index contributed by atoms with van der Waals surface area (Å²) in [6, 6.07) is 8.37. The minimum atomic E-state index is -0.367. The zero-order chi connectivity index (χ0) is 17.4. The number of hydrogen-bond donors (Lipinski definition) is 1. The Morgan fingerprint density at radius 2 is 2.24 bits per heavy atom. The van der Waals surface area contributed by atoms with E-state index in [0.717, 1.165) is 37.2 Å². The van der Waals surface area contributed by atoms with E-state index in [-0.39, 0.29) is 23.5 Å². The topological polar surface area (TPSA) is 56.2 Å². The largest absolute Gasteiger partial charge is 0.374 e. The van der Waals surface area contributed by atoms with Crippen LogP contribution in [0.25, 0.3) is 0 Å². The SMILES string of the molecule is Cc1nccn1Cc1cccc(CNC(=O)[C@@]2(C)C[C@H]3CC[C@H]2O3)c1. The molecule has 1 aromatic heterocycles. The van der Waals surface area contributed by atoms with E-state index >= 15 is 0 Å². The monoisotopic (exact) mass is 339 g/mol. The number of nitrogens with zero attached hydrogens (tertiary/aromatic N) is 2. The lowest BCUT2D eigenvalue weighted by Gasteiger charge is -2.29. The first kappa shape index (κ1) is 16.3. The van der Waals surface area contributed by atoms with Crippen LogP contribution in [0.5, 0.6) is 0 Å². The van der Waals surface area contributed by atoms with Gasteiger partial charge in [0.25, 0.3) is 0 Å². The highest BCUT2D eigenvalue weighted by Crippen LogP contribution is 2.47. The van der Waals surface area contributed by atoms with Crippen molar-refractivity contribution in [3.8, 4) is 0 Å². The molecule has 0 saturated carbocycles. The number of benzene rings is 1. The maximum absolute atomic E-state index is 12.7. The van der Waals surface area contributed by atoms with Crippen LogP contribution in [0.1, 0.15) is 43.1 Å².